The smallest absolute Gasteiger partial charge is 0.339 e. The fourth-order valence-corrected chi connectivity index (χ4v) is 1.48. The molecule has 1 aromatic carbocycles. The first kappa shape index (κ1) is 13.0. The summed E-state index contributed by atoms with van der Waals surface area (Å²) in [6, 6.07) is 5.08. The Kier molecular flexibility index (Phi) is 4.35. The molecule has 0 aromatic heterocycles. The van der Waals surface area contributed by atoms with Crippen molar-refractivity contribution in [2.24, 2.45) is 5.92 Å². The van der Waals surface area contributed by atoms with Gasteiger partial charge in [0.1, 0.15) is 6.10 Å². The van der Waals surface area contributed by atoms with Crippen LogP contribution in [0.5, 0.6) is 0 Å². The Hall–Kier alpha value is -1.03. The van der Waals surface area contributed by atoms with Gasteiger partial charge in [-0.1, -0.05) is 13.8 Å². The van der Waals surface area contributed by atoms with E-state index in [1.807, 2.05) is 20.8 Å². The molecule has 0 bridgehead atoms. The van der Waals surface area contributed by atoms with Gasteiger partial charge in [0.25, 0.3) is 0 Å². The van der Waals surface area contributed by atoms with Crippen LogP contribution >= 0.6 is 15.9 Å². The molecular weight excluding hydrogens is 270 g/mol. The van der Waals surface area contributed by atoms with Crippen molar-refractivity contribution >= 4 is 27.6 Å². The topological polar surface area (TPSA) is 52.3 Å². The fourth-order valence-electron chi connectivity index (χ4n) is 1.07. The van der Waals surface area contributed by atoms with Crippen LogP contribution in [0.25, 0.3) is 0 Å². The van der Waals surface area contributed by atoms with Gasteiger partial charge in [-0.05, 0) is 47.0 Å². The summed E-state index contributed by atoms with van der Waals surface area (Å²) < 4.78 is 6.01. The Balaban J connectivity index is 2.84. The zero-order valence-electron chi connectivity index (χ0n) is 9.66. The van der Waals surface area contributed by atoms with E-state index in [0.717, 1.165) is 0 Å². The molecule has 0 aliphatic carbocycles. The van der Waals surface area contributed by atoms with Crippen LogP contribution in [0.2, 0.25) is 0 Å². The van der Waals surface area contributed by atoms with Gasteiger partial charge in [-0.15, -0.1) is 0 Å². The predicted octanol–water partition coefficient (Wildman–Crippen LogP) is 3.23. The minimum atomic E-state index is -0.347. The molecule has 16 heavy (non-hydrogen) atoms. The second-order valence-electron chi connectivity index (χ2n) is 4.09. The summed E-state index contributed by atoms with van der Waals surface area (Å²) in [4.78, 5) is 11.8. The number of nitrogen functional groups attached to an aromatic ring is 1. The van der Waals surface area contributed by atoms with E-state index in [0.29, 0.717) is 21.6 Å². The highest BCUT2D eigenvalue weighted by molar-refractivity contribution is 9.10. The monoisotopic (exact) mass is 285 g/mol. The van der Waals surface area contributed by atoms with Crippen LogP contribution in [-0.4, -0.2) is 12.1 Å². The third-order valence-corrected chi connectivity index (χ3v) is 3.13. The quantitative estimate of drug-likeness (QED) is 0.685. The highest BCUT2D eigenvalue weighted by Crippen LogP contribution is 2.21. The van der Waals surface area contributed by atoms with E-state index < -0.39 is 0 Å². The van der Waals surface area contributed by atoms with Crippen molar-refractivity contribution in [3.63, 3.8) is 0 Å². The number of carbonyl (C=O) groups is 1. The van der Waals surface area contributed by atoms with Crippen molar-refractivity contribution in [2.75, 3.05) is 5.73 Å². The number of benzene rings is 1. The Labute approximate surface area is 104 Å². The Morgan fingerprint density at radius 1 is 1.38 bits per heavy atom. The van der Waals surface area contributed by atoms with Gasteiger partial charge in [0.2, 0.25) is 0 Å². The molecule has 3 nitrogen and oxygen atoms in total. The summed E-state index contributed by atoms with van der Waals surface area (Å²) in [5.74, 6) is -0.0517. The molecule has 2 N–H and O–H groups in total. The van der Waals surface area contributed by atoms with Gasteiger partial charge in [0.05, 0.1) is 5.56 Å². The molecular formula is C12H16BrNO2. The van der Waals surface area contributed by atoms with Crippen molar-refractivity contribution < 1.29 is 9.53 Å². The number of rotatable bonds is 3. The lowest BCUT2D eigenvalue weighted by Gasteiger charge is -2.17. The molecule has 0 aliphatic rings. The van der Waals surface area contributed by atoms with Crippen molar-refractivity contribution in [2.45, 2.75) is 26.9 Å². The lowest BCUT2D eigenvalue weighted by atomic mass is 10.1. The van der Waals surface area contributed by atoms with Gasteiger partial charge in [0, 0.05) is 10.2 Å². The minimum absolute atomic E-state index is 0.110. The van der Waals surface area contributed by atoms with E-state index in [1.165, 1.54) is 0 Å². The Bertz CT molecular complexity index is 391. The lowest BCUT2D eigenvalue weighted by molar-refractivity contribution is 0.0237. The second kappa shape index (κ2) is 5.34. The van der Waals surface area contributed by atoms with Gasteiger partial charge in [-0.3, -0.25) is 0 Å². The maximum Gasteiger partial charge on any atom is 0.339 e. The molecule has 1 unspecified atom stereocenters. The molecule has 0 aliphatic heterocycles. The molecule has 1 aromatic rings. The molecule has 0 fully saturated rings. The fraction of sp³-hybridized carbons (Fsp3) is 0.417. The molecule has 88 valence electrons. The summed E-state index contributed by atoms with van der Waals surface area (Å²) in [5.41, 5.74) is 6.64. The average molecular weight is 286 g/mol. The standard InChI is InChI=1S/C12H16BrNO2/c1-7(2)8(3)16-12(15)10-6-9(14)4-5-11(10)13/h4-8H,14H2,1-3H3. The molecule has 4 heteroatoms. The van der Waals surface area contributed by atoms with E-state index in [9.17, 15) is 4.79 Å². The molecule has 0 heterocycles. The Morgan fingerprint density at radius 2 is 2.00 bits per heavy atom. The van der Waals surface area contributed by atoms with Crippen LogP contribution in [0.1, 0.15) is 31.1 Å². The van der Waals surface area contributed by atoms with Gasteiger partial charge in [-0.2, -0.15) is 0 Å². The normalized spacial score (nSPS) is 12.6. The molecule has 0 spiro atoms. The van der Waals surface area contributed by atoms with Crippen molar-refractivity contribution in [3.8, 4) is 0 Å². The van der Waals surface area contributed by atoms with E-state index in [-0.39, 0.29) is 12.1 Å². The highest BCUT2D eigenvalue weighted by Gasteiger charge is 2.17. The second-order valence-corrected chi connectivity index (χ2v) is 4.95. The number of esters is 1. The average Bonchev–Trinajstić information content (AvgIpc) is 2.21. The maximum absolute atomic E-state index is 11.8. The van der Waals surface area contributed by atoms with Crippen LogP contribution in [-0.2, 0) is 4.74 Å². The largest absolute Gasteiger partial charge is 0.459 e. The molecule has 0 amide bonds. The maximum atomic E-state index is 11.8. The first-order valence-corrected chi connectivity index (χ1v) is 5.97. The van der Waals surface area contributed by atoms with E-state index in [1.54, 1.807) is 18.2 Å². The first-order chi connectivity index (χ1) is 7.41. The molecule has 0 radical (unpaired) electrons. The first-order valence-electron chi connectivity index (χ1n) is 5.18. The summed E-state index contributed by atoms with van der Waals surface area (Å²) >= 11 is 3.30. The third-order valence-electron chi connectivity index (χ3n) is 2.44. The summed E-state index contributed by atoms with van der Waals surface area (Å²) in [7, 11) is 0. The van der Waals surface area contributed by atoms with Crippen molar-refractivity contribution in [1.29, 1.82) is 0 Å². The summed E-state index contributed by atoms with van der Waals surface area (Å²) in [6.45, 7) is 5.89. The number of carbonyl (C=O) groups excluding carboxylic acids is 1. The molecule has 1 rings (SSSR count). The minimum Gasteiger partial charge on any atom is -0.459 e. The SMILES string of the molecule is CC(C)C(C)OC(=O)c1cc(N)ccc1Br. The van der Waals surface area contributed by atoms with Gasteiger partial charge in [-0.25, -0.2) is 4.79 Å². The number of nitrogens with two attached hydrogens (primary N) is 1. The Morgan fingerprint density at radius 3 is 2.56 bits per heavy atom. The molecule has 0 saturated heterocycles. The van der Waals surface area contributed by atoms with E-state index in [4.69, 9.17) is 10.5 Å². The van der Waals surface area contributed by atoms with Gasteiger partial charge in [0.15, 0.2) is 0 Å². The summed E-state index contributed by atoms with van der Waals surface area (Å²) in [6.07, 6.45) is -0.110. The van der Waals surface area contributed by atoms with Gasteiger partial charge < -0.3 is 10.5 Å². The number of hydrogen-bond donors (Lipinski definition) is 1. The van der Waals surface area contributed by atoms with Crippen molar-refractivity contribution in [1.82, 2.24) is 0 Å². The lowest BCUT2D eigenvalue weighted by Crippen LogP contribution is -2.20. The van der Waals surface area contributed by atoms with Crippen LogP contribution in [0.4, 0.5) is 5.69 Å². The summed E-state index contributed by atoms with van der Waals surface area (Å²) in [5, 5.41) is 0. The highest BCUT2D eigenvalue weighted by atomic mass is 79.9. The number of hydrogen-bond acceptors (Lipinski definition) is 3. The third kappa shape index (κ3) is 3.23. The van der Waals surface area contributed by atoms with Crippen LogP contribution in [0.15, 0.2) is 22.7 Å². The molecule has 0 saturated carbocycles. The van der Waals surface area contributed by atoms with E-state index in [2.05, 4.69) is 15.9 Å². The predicted molar refractivity (Wildman–Crippen MR) is 68.3 cm³/mol. The van der Waals surface area contributed by atoms with Crippen LogP contribution in [0, 0.1) is 5.92 Å². The van der Waals surface area contributed by atoms with Crippen LogP contribution < -0.4 is 5.73 Å². The number of anilines is 1. The van der Waals surface area contributed by atoms with E-state index >= 15 is 0 Å². The van der Waals surface area contributed by atoms with Gasteiger partial charge >= 0.3 is 5.97 Å². The number of ether oxygens (including phenoxy) is 1. The van der Waals surface area contributed by atoms with Crippen LogP contribution in [0.3, 0.4) is 0 Å². The van der Waals surface area contributed by atoms with Crippen molar-refractivity contribution in [3.05, 3.63) is 28.2 Å². The zero-order valence-corrected chi connectivity index (χ0v) is 11.2. The number of halogens is 1. The zero-order chi connectivity index (χ0) is 12.3. The molecule has 1 atom stereocenters.